The lowest BCUT2D eigenvalue weighted by molar-refractivity contribution is 0.561. The van der Waals surface area contributed by atoms with Crippen LogP contribution >= 0.6 is 0 Å². The molecular weight excluding hydrogens is 378 g/mol. The zero-order valence-corrected chi connectivity index (χ0v) is 16.8. The molecule has 3 aromatic rings. The van der Waals surface area contributed by atoms with Gasteiger partial charge in [0.15, 0.2) is 0 Å². The number of halogens is 2. The van der Waals surface area contributed by atoms with Crippen LogP contribution in [0.2, 0.25) is 0 Å². The fraction of sp³-hybridized carbons (Fsp3) is 0.227. The number of rotatable bonds is 5. The Morgan fingerprint density at radius 1 is 1.07 bits per heavy atom. The summed E-state index contributed by atoms with van der Waals surface area (Å²) in [6.07, 6.45) is 3.29. The van der Waals surface area contributed by atoms with Crippen molar-refractivity contribution in [2.24, 2.45) is 4.40 Å². The Morgan fingerprint density at radius 3 is 2.46 bits per heavy atom. The average molecular weight is 400 g/mol. The van der Waals surface area contributed by atoms with Gasteiger partial charge in [-0.1, -0.05) is 34.7 Å². The van der Waals surface area contributed by atoms with E-state index < -0.39 is 27.7 Å². The maximum Gasteiger partial charge on any atom is 0.144 e. The first-order chi connectivity index (χ1) is 13.2. The molecule has 146 valence electrons. The third kappa shape index (κ3) is 4.88. The fourth-order valence-corrected chi connectivity index (χ4v) is 3.20. The van der Waals surface area contributed by atoms with Crippen molar-refractivity contribution in [3.8, 4) is 11.1 Å². The lowest BCUT2D eigenvalue weighted by Gasteiger charge is -2.17. The number of nitrogens with zero attached hydrogens (tertiary/aromatic N) is 2. The second-order valence-electron chi connectivity index (χ2n) is 7.49. The van der Waals surface area contributed by atoms with Crippen LogP contribution in [0.15, 0.2) is 65.2 Å². The topological polar surface area (TPSA) is 40.4 Å². The largest absolute Gasteiger partial charge is 0.591 e. The van der Waals surface area contributed by atoms with Crippen molar-refractivity contribution in [3.05, 3.63) is 83.7 Å². The van der Waals surface area contributed by atoms with E-state index in [0.717, 1.165) is 17.7 Å². The van der Waals surface area contributed by atoms with Crippen molar-refractivity contribution in [2.45, 2.75) is 32.1 Å². The first kappa shape index (κ1) is 20.3. The lowest BCUT2D eigenvalue weighted by Crippen LogP contribution is -2.26. The molecule has 28 heavy (non-hydrogen) atoms. The normalized spacial score (nSPS) is 13.2. The van der Waals surface area contributed by atoms with E-state index in [4.69, 9.17) is 0 Å². The van der Waals surface area contributed by atoms with Crippen molar-refractivity contribution >= 4 is 17.6 Å². The highest BCUT2D eigenvalue weighted by Crippen LogP contribution is 2.26. The zero-order chi connectivity index (χ0) is 20.3. The van der Waals surface area contributed by atoms with Crippen LogP contribution in [0.5, 0.6) is 0 Å². The van der Waals surface area contributed by atoms with Crippen molar-refractivity contribution < 1.29 is 13.3 Å². The lowest BCUT2D eigenvalue weighted by atomic mass is 10.1. The molecule has 3 nitrogen and oxygen atoms in total. The minimum absolute atomic E-state index is 0.179. The summed E-state index contributed by atoms with van der Waals surface area (Å²) >= 11 is -1.41. The Balaban J connectivity index is 2.02. The Morgan fingerprint density at radius 2 is 1.79 bits per heavy atom. The van der Waals surface area contributed by atoms with E-state index in [2.05, 4.69) is 4.40 Å². The van der Waals surface area contributed by atoms with Crippen molar-refractivity contribution in [3.63, 3.8) is 0 Å². The third-order valence-corrected chi connectivity index (χ3v) is 5.51. The molecule has 1 aromatic heterocycles. The van der Waals surface area contributed by atoms with E-state index in [1.807, 2.05) is 55.7 Å². The molecule has 0 aliphatic heterocycles. The minimum Gasteiger partial charge on any atom is -0.591 e. The summed E-state index contributed by atoms with van der Waals surface area (Å²) in [5.74, 6) is -1.00. The second-order valence-corrected chi connectivity index (χ2v) is 9.42. The standard InChI is InChI=1S/C22H22F2N2OS/c1-22(2,3)28(27)25-13-19-11-17(20-12-18(23)9-10-21(20)24)15-26(19)14-16-7-5-4-6-8-16/h4-13,15H,14H2,1-3H3/b25-13+. The molecule has 0 saturated heterocycles. The molecule has 3 rings (SSSR count). The van der Waals surface area contributed by atoms with E-state index in [0.29, 0.717) is 17.8 Å². The van der Waals surface area contributed by atoms with Crippen LogP contribution < -0.4 is 0 Å². The summed E-state index contributed by atoms with van der Waals surface area (Å²) in [5.41, 5.74) is 2.44. The summed E-state index contributed by atoms with van der Waals surface area (Å²) in [7, 11) is 0. The van der Waals surface area contributed by atoms with Gasteiger partial charge in [-0.2, -0.15) is 0 Å². The molecule has 0 amide bonds. The molecule has 0 radical (unpaired) electrons. The molecule has 0 N–H and O–H groups in total. The number of hydrogen-bond acceptors (Lipinski definition) is 2. The zero-order valence-electron chi connectivity index (χ0n) is 16.0. The number of benzene rings is 2. The van der Waals surface area contributed by atoms with E-state index in [1.54, 1.807) is 12.3 Å². The van der Waals surface area contributed by atoms with Gasteiger partial charge in [0.25, 0.3) is 0 Å². The number of hydrogen-bond donors (Lipinski definition) is 0. The van der Waals surface area contributed by atoms with E-state index in [9.17, 15) is 13.3 Å². The van der Waals surface area contributed by atoms with Gasteiger partial charge in [-0.3, -0.25) is 0 Å². The van der Waals surface area contributed by atoms with Crippen LogP contribution in [0.1, 0.15) is 32.0 Å². The molecular formula is C22H22F2N2OS. The fourth-order valence-electron chi connectivity index (χ4n) is 2.68. The summed E-state index contributed by atoms with van der Waals surface area (Å²) in [4.78, 5) is 0. The molecule has 1 atom stereocenters. The van der Waals surface area contributed by atoms with Gasteiger partial charge in [0.2, 0.25) is 0 Å². The minimum atomic E-state index is -1.41. The van der Waals surface area contributed by atoms with E-state index in [-0.39, 0.29) is 5.56 Å². The van der Waals surface area contributed by atoms with Gasteiger partial charge in [0, 0.05) is 23.9 Å². The van der Waals surface area contributed by atoms with Crippen LogP contribution in [0.4, 0.5) is 8.78 Å². The first-order valence-electron chi connectivity index (χ1n) is 8.89. The van der Waals surface area contributed by atoms with Crippen molar-refractivity contribution in [1.82, 2.24) is 4.57 Å². The maximum atomic E-state index is 14.2. The average Bonchev–Trinajstić information content (AvgIpc) is 3.04. The molecule has 1 unspecified atom stereocenters. The van der Waals surface area contributed by atoms with Gasteiger partial charge in [-0.15, -0.1) is 0 Å². The van der Waals surface area contributed by atoms with Gasteiger partial charge in [-0.25, -0.2) is 8.78 Å². The maximum absolute atomic E-state index is 14.2. The van der Waals surface area contributed by atoms with Crippen LogP contribution in [0.25, 0.3) is 11.1 Å². The molecule has 1 heterocycles. The highest BCUT2D eigenvalue weighted by molar-refractivity contribution is 7.91. The van der Waals surface area contributed by atoms with Crippen LogP contribution in [-0.4, -0.2) is 20.1 Å². The molecule has 0 saturated carbocycles. The Kier molecular flexibility index (Phi) is 6.01. The summed E-state index contributed by atoms with van der Waals surface area (Å²) in [5, 5.41) is 0. The molecule has 0 spiro atoms. The second kappa shape index (κ2) is 8.29. The van der Waals surface area contributed by atoms with Gasteiger partial charge < -0.3 is 9.12 Å². The summed E-state index contributed by atoms with van der Waals surface area (Å²) in [6.45, 7) is 6.06. The van der Waals surface area contributed by atoms with Crippen LogP contribution in [0.3, 0.4) is 0 Å². The van der Waals surface area contributed by atoms with Gasteiger partial charge in [0.05, 0.1) is 5.69 Å². The van der Waals surface area contributed by atoms with Gasteiger partial charge in [0.1, 0.15) is 34.0 Å². The quantitative estimate of drug-likeness (QED) is 0.420. The van der Waals surface area contributed by atoms with Crippen LogP contribution in [-0.2, 0) is 17.9 Å². The van der Waals surface area contributed by atoms with Gasteiger partial charge in [-0.05, 0) is 50.6 Å². The predicted molar refractivity (Wildman–Crippen MR) is 111 cm³/mol. The third-order valence-electron chi connectivity index (χ3n) is 4.17. The van der Waals surface area contributed by atoms with E-state index in [1.165, 1.54) is 12.3 Å². The molecule has 0 fully saturated rings. The molecule has 0 aliphatic carbocycles. The Bertz CT molecular complexity index is 978. The van der Waals surface area contributed by atoms with Crippen molar-refractivity contribution in [2.75, 3.05) is 0 Å². The van der Waals surface area contributed by atoms with Crippen LogP contribution in [0, 0.1) is 11.6 Å². The SMILES string of the molecule is CC(C)(C)[S+]([O-])/N=C/c1cc(-c2cc(F)ccc2F)cn1Cc1ccccc1. The monoisotopic (exact) mass is 400 g/mol. The summed E-state index contributed by atoms with van der Waals surface area (Å²) in [6, 6.07) is 14.9. The Labute approximate surface area is 167 Å². The van der Waals surface area contributed by atoms with E-state index >= 15 is 0 Å². The predicted octanol–water partition coefficient (Wildman–Crippen LogP) is 5.36. The summed E-state index contributed by atoms with van der Waals surface area (Å²) < 4.78 is 45.7. The van der Waals surface area contributed by atoms with Crippen molar-refractivity contribution in [1.29, 1.82) is 0 Å². The first-order valence-corrected chi connectivity index (χ1v) is 10.0. The molecule has 2 aromatic carbocycles. The molecule has 6 heteroatoms. The molecule has 0 aliphatic rings. The smallest absolute Gasteiger partial charge is 0.144 e. The highest BCUT2D eigenvalue weighted by Gasteiger charge is 2.26. The highest BCUT2D eigenvalue weighted by atomic mass is 32.2. The number of aromatic nitrogens is 1. The Hall–Kier alpha value is -2.44. The molecule has 0 bridgehead atoms. The van der Waals surface area contributed by atoms with Gasteiger partial charge >= 0.3 is 0 Å².